The van der Waals surface area contributed by atoms with Gasteiger partial charge in [-0.25, -0.2) is 0 Å². The highest BCUT2D eigenvalue weighted by atomic mass is 16.5. The smallest absolute Gasteiger partial charge is 0.117 e. The van der Waals surface area contributed by atoms with Crippen molar-refractivity contribution in [1.29, 1.82) is 0 Å². The van der Waals surface area contributed by atoms with E-state index >= 15 is 0 Å². The minimum absolute atomic E-state index is 0.292. The third-order valence-electron chi connectivity index (χ3n) is 5.00. The lowest BCUT2D eigenvalue weighted by Crippen LogP contribution is -2.59. The molecule has 0 amide bonds. The molecule has 0 aliphatic carbocycles. The molecule has 1 N–H and O–H groups in total. The first kappa shape index (κ1) is 15.1. The van der Waals surface area contributed by atoms with Gasteiger partial charge < -0.3 is 14.5 Å². The number of rotatable bonds is 5. The molecule has 21 heavy (non-hydrogen) atoms. The Hall–Kier alpha value is -0.840. The van der Waals surface area contributed by atoms with E-state index in [2.05, 4.69) is 16.3 Å². The summed E-state index contributed by atoms with van der Waals surface area (Å²) in [6, 6.07) is 4.10. The number of ether oxygens (including phenoxy) is 1. The molecule has 0 spiro atoms. The summed E-state index contributed by atoms with van der Waals surface area (Å²) in [5.41, 5.74) is 0.292. The zero-order chi connectivity index (χ0) is 14.5. The molecule has 0 atom stereocenters. The second-order valence-corrected chi connectivity index (χ2v) is 6.50. The van der Waals surface area contributed by atoms with Gasteiger partial charge in [0.05, 0.1) is 6.54 Å². The minimum Gasteiger partial charge on any atom is -0.465 e. The Labute approximate surface area is 127 Å². The third kappa shape index (κ3) is 3.68. The lowest BCUT2D eigenvalue weighted by Gasteiger charge is -2.48. The van der Waals surface area contributed by atoms with E-state index in [-0.39, 0.29) is 0 Å². The molecule has 0 saturated carbocycles. The molecule has 0 unspecified atom stereocenters. The first-order valence-corrected chi connectivity index (χ1v) is 8.37. The van der Waals surface area contributed by atoms with Crippen LogP contribution in [0.3, 0.4) is 0 Å². The number of aryl methyl sites for hydroxylation is 1. The summed E-state index contributed by atoms with van der Waals surface area (Å²) >= 11 is 0. The van der Waals surface area contributed by atoms with Crippen molar-refractivity contribution in [1.82, 2.24) is 10.2 Å². The molecule has 1 aromatic heterocycles. The van der Waals surface area contributed by atoms with Crippen LogP contribution in [-0.4, -0.2) is 43.3 Å². The summed E-state index contributed by atoms with van der Waals surface area (Å²) in [5, 5.41) is 3.63. The fourth-order valence-corrected chi connectivity index (χ4v) is 3.72. The van der Waals surface area contributed by atoms with Gasteiger partial charge in [-0.1, -0.05) is 6.42 Å². The summed E-state index contributed by atoms with van der Waals surface area (Å²) in [5.74, 6) is 2.02. The zero-order valence-corrected chi connectivity index (χ0v) is 13.2. The van der Waals surface area contributed by atoms with Crippen LogP contribution in [0.25, 0.3) is 0 Å². The monoisotopic (exact) mass is 292 g/mol. The van der Waals surface area contributed by atoms with Crippen molar-refractivity contribution in [3.63, 3.8) is 0 Å². The van der Waals surface area contributed by atoms with Gasteiger partial charge >= 0.3 is 0 Å². The zero-order valence-electron chi connectivity index (χ0n) is 13.2. The molecule has 1 aromatic rings. The maximum atomic E-state index is 5.65. The van der Waals surface area contributed by atoms with Crippen molar-refractivity contribution >= 4 is 0 Å². The van der Waals surface area contributed by atoms with E-state index in [1.807, 2.05) is 13.0 Å². The Morgan fingerprint density at radius 3 is 2.57 bits per heavy atom. The van der Waals surface area contributed by atoms with E-state index < -0.39 is 0 Å². The van der Waals surface area contributed by atoms with Crippen LogP contribution in [0.15, 0.2) is 16.5 Å². The van der Waals surface area contributed by atoms with Crippen LogP contribution in [0.5, 0.6) is 0 Å². The molecule has 4 nitrogen and oxygen atoms in total. The van der Waals surface area contributed by atoms with Gasteiger partial charge in [-0.2, -0.15) is 0 Å². The largest absolute Gasteiger partial charge is 0.465 e. The number of nitrogens with zero attached hydrogens (tertiary/aromatic N) is 1. The van der Waals surface area contributed by atoms with E-state index in [1.54, 1.807) is 0 Å². The Kier molecular flexibility index (Phi) is 4.99. The summed E-state index contributed by atoms with van der Waals surface area (Å²) in [6.45, 7) is 8.16. The number of likely N-dealkylation sites (tertiary alicyclic amines) is 1. The highest BCUT2D eigenvalue weighted by Crippen LogP contribution is 2.30. The molecule has 0 bridgehead atoms. The quantitative estimate of drug-likeness (QED) is 0.905. The second-order valence-electron chi connectivity index (χ2n) is 6.50. The van der Waals surface area contributed by atoms with Gasteiger partial charge in [0.25, 0.3) is 0 Å². The van der Waals surface area contributed by atoms with E-state index in [1.165, 1.54) is 32.4 Å². The van der Waals surface area contributed by atoms with E-state index in [9.17, 15) is 0 Å². The molecular formula is C17H28N2O2. The van der Waals surface area contributed by atoms with Crippen LogP contribution in [0.1, 0.15) is 43.6 Å². The first-order valence-electron chi connectivity index (χ1n) is 8.37. The predicted octanol–water partition coefficient (Wildman–Crippen LogP) is 2.71. The Balaban J connectivity index is 1.59. The lowest BCUT2D eigenvalue weighted by atomic mass is 9.86. The van der Waals surface area contributed by atoms with Gasteiger partial charge in [0, 0.05) is 25.3 Å². The maximum Gasteiger partial charge on any atom is 0.117 e. The van der Waals surface area contributed by atoms with Crippen LogP contribution in [0.2, 0.25) is 0 Å². The molecule has 118 valence electrons. The average molecular weight is 292 g/mol. The molecular weight excluding hydrogens is 264 g/mol. The molecule has 3 rings (SSSR count). The number of piperidine rings is 1. The van der Waals surface area contributed by atoms with Crippen LogP contribution >= 0.6 is 0 Å². The number of nitrogens with one attached hydrogen (secondary N) is 1. The minimum atomic E-state index is 0.292. The fraction of sp³-hybridized carbons (Fsp3) is 0.765. The van der Waals surface area contributed by atoms with E-state index in [0.29, 0.717) is 5.54 Å². The van der Waals surface area contributed by atoms with Crippen LogP contribution < -0.4 is 5.32 Å². The highest BCUT2D eigenvalue weighted by Gasteiger charge is 2.38. The number of hydrogen-bond donors (Lipinski definition) is 1. The van der Waals surface area contributed by atoms with Gasteiger partial charge in [0.15, 0.2) is 0 Å². The SMILES string of the molecule is Cc1ccc(CNCC2(N3CCCCC3)CCOCC2)o1. The van der Waals surface area contributed by atoms with Crippen LogP contribution in [0, 0.1) is 6.92 Å². The normalized spacial score (nSPS) is 23.3. The Morgan fingerprint density at radius 2 is 1.90 bits per heavy atom. The summed E-state index contributed by atoms with van der Waals surface area (Å²) in [4.78, 5) is 2.72. The molecule has 2 aliphatic heterocycles. The first-order chi connectivity index (χ1) is 10.3. The number of furan rings is 1. The lowest BCUT2D eigenvalue weighted by molar-refractivity contribution is -0.0359. The summed E-state index contributed by atoms with van der Waals surface area (Å²) in [6.07, 6.45) is 6.39. The maximum absolute atomic E-state index is 5.65. The number of hydrogen-bond acceptors (Lipinski definition) is 4. The molecule has 4 heteroatoms. The van der Waals surface area contributed by atoms with Crippen molar-refractivity contribution in [2.75, 3.05) is 32.8 Å². The molecule has 0 aromatic carbocycles. The standard InChI is InChI=1S/C17H28N2O2/c1-15-5-6-16(21-15)13-18-14-17(7-11-20-12-8-17)19-9-3-2-4-10-19/h5-6,18H,2-4,7-14H2,1H3. The molecule has 3 heterocycles. The van der Waals surface area contributed by atoms with Crippen molar-refractivity contribution in [2.45, 2.75) is 51.1 Å². The topological polar surface area (TPSA) is 37.6 Å². The van der Waals surface area contributed by atoms with Gasteiger partial charge in [-0.3, -0.25) is 4.90 Å². The van der Waals surface area contributed by atoms with Crippen molar-refractivity contribution in [3.8, 4) is 0 Å². The Morgan fingerprint density at radius 1 is 1.14 bits per heavy atom. The van der Waals surface area contributed by atoms with E-state index in [4.69, 9.17) is 9.15 Å². The Bertz CT molecular complexity index is 432. The van der Waals surface area contributed by atoms with Gasteiger partial charge in [-0.15, -0.1) is 0 Å². The van der Waals surface area contributed by atoms with Gasteiger partial charge in [-0.05, 0) is 57.8 Å². The second kappa shape index (κ2) is 6.95. The fourth-order valence-electron chi connectivity index (χ4n) is 3.72. The predicted molar refractivity (Wildman–Crippen MR) is 83.4 cm³/mol. The summed E-state index contributed by atoms with van der Waals surface area (Å²) < 4.78 is 11.3. The van der Waals surface area contributed by atoms with Crippen molar-refractivity contribution in [3.05, 3.63) is 23.7 Å². The molecule has 0 radical (unpaired) electrons. The van der Waals surface area contributed by atoms with Crippen LogP contribution in [-0.2, 0) is 11.3 Å². The van der Waals surface area contributed by atoms with Gasteiger partial charge in [0.1, 0.15) is 11.5 Å². The molecule has 2 aliphatic rings. The van der Waals surface area contributed by atoms with Gasteiger partial charge in [0.2, 0.25) is 0 Å². The molecule has 2 saturated heterocycles. The van der Waals surface area contributed by atoms with E-state index in [0.717, 1.165) is 50.7 Å². The average Bonchev–Trinajstić information content (AvgIpc) is 2.95. The van der Waals surface area contributed by atoms with Crippen LogP contribution in [0.4, 0.5) is 0 Å². The highest BCUT2D eigenvalue weighted by molar-refractivity contribution is 5.05. The van der Waals surface area contributed by atoms with Crippen molar-refractivity contribution < 1.29 is 9.15 Å². The summed E-state index contributed by atoms with van der Waals surface area (Å²) in [7, 11) is 0. The third-order valence-corrected chi connectivity index (χ3v) is 5.00. The van der Waals surface area contributed by atoms with Crippen molar-refractivity contribution in [2.24, 2.45) is 0 Å². The molecule has 2 fully saturated rings.